The van der Waals surface area contributed by atoms with Gasteiger partial charge in [0.1, 0.15) is 23.8 Å². The smallest absolute Gasteiger partial charge is 0.306 e. The molecule has 4 heterocycles. The maximum Gasteiger partial charge on any atom is 0.306 e. The van der Waals surface area contributed by atoms with Crippen molar-refractivity contribution in [2.45, 2.75) is 167 Å². The van der Waals surface area contributed by atoms with Gasteiger partial charge in [0.2, 0.25) is 0 Å². The van der Waals surface area contributed by atoms with E-state index in [2.05, 4.69) is 136 Å². The third kappa shape index (κ3) is 8.47. The molecule has 8 heteroatoms. The summed E-state index contributed by atoms with van der Waals surface area (Å²) in [6.07, 6.45) is 9.67. The van der Waals surface area contributed by atoms with Crippen LogP contribution in [0.3, 0.4) is 0 Å². The van der Waals surface area contributed by atoms with Gasteiger partial charge in [-0.3, -0.25) is 9.59 Å². The van der Waals surface area contributed by atoms with E-state index in [1.165, 1.54) is 10.8 Å². The Morgan fingerprint density at radius 2 is 0.885 bits per heavy atom. The average Bonchev–Trinajstić information content (AvgIpc) is 3.63. The number of fused-ring (bicyclic) bond motifs is 2. The number of esters is 2. The summed E-state index contributed by atoms with van der Waals surface area (Å²) in [6, 6.07) is 21.2. The number of piperidine rings is 2. The standard InChI is InChI=1S/C44H62N4O4/c1-41(2)27-33(28-42(3,4)47(41)37-25-31-19-15-17-21-35(31)45-37)51-39(49)23-13-11-9-10-12-14-24-40(50)52-34-29-43(5,6)48(44(7,8)30-34)38-26-32-20-16-18-22-36(32)46-38/h15-22,25-26,33-34,45-46H,9-14,23-24,27-30H2,1-8H3. The fourth-order valence-electron chi connectivity index (χ4n) is 9.94. The lowest BCUT2D eigenvalue weighted by molar-refractivity contribution is -0.153. The minimum absolute atomic E-state index is 0.0862. The zero-order chi connectivity index (χ0) is 37.3. The number of aromatic nitrogens is 2. The van der Waals surface area contributed by atoms with Gasteiger partial charge in [0.05, 0.1) is 0 Å². The van der Waals surface area contributed by atoms with E-state index in [4.69, 9.17) is 9.47 Å². The van der Waals surface area contributed by atoms with Crippen LogP contribution in [0.25, 0.3) is 21.8 Å². The number of carbonyl (C=O) groups is 2. The van der Waals surface area contributed by atoms with Gasteiger partial charge in [0, 0.05) is 82.5 Å². The zero-order valence-corrected chi connectivity index (χ0v) is 32.9. The molecule has 0 unspecified atom stereocenters. The van der Waals surface area contributed by atoms with E-state index in [-0.39, 0.29) is 46.3 Å². The van der Waals surface area contributed by atoms with Crippen LogP contribution in [0.15, 0.2) is 60.7 Å². The van der Waals surface area contributed by atoms with Crippen LogP contribution in [0, 0.1) is 0 Å². The van der Waals surface area contributed by atoms with Crippen LogP contribution in [-0.4, -0.2) is 56.3 Å². The van der Waals surface area contributed by atoms with E-state index in [0.29, 0.717) is 12.8 Å². The molecular formula is C44H62N4O4. The number of H-pyrrole nitrogens is 2. The average molecular weight is 711 g/mol. The Balaban J connectivity index is 0.864. The van der Waals surface area contributed by atoms with Crippen molar-refractivity contribution in [2.75, 3.05) is 9.80 Å². The monoisotopic (exact) mass is 710 g/mol. The zero-order valence-electron chi connectivity index (χ0n) is 32.9. The van der Waals surface area contributed by atoms with Crippen LogP contribution in [0.4, 0.5) is 11.6 Å². The molecular weight excluding hydrogens is 649 g/mol. The number of carbonyl (C=O) groups excluding carboxylic acids is 2. The number of unbranched alkanes of at least 4 members (excludes halogenated alkanes) is 5. The molecule has 282 valence electrons. The van der Waals surface area contributed by atoms with Crippen molar-refractivity contribution < 1.29 is 19.1 Å². The van der Waals surface area contributed by atoms with Crippen molar-refractivity contribution in [1.29, 1.82) is 0 Å². The summed E-state index contributed by atoms with van der Waals surface area (Å²) < 4.78 is 12.1. The molecule has 2 aliphatic heterocycles. The number of nitrogens with zero attached hydrogens (tertiary/aromatic N) is 2. The first-order chi connectivity index (χ1) is 24.5. The number of ether oxygens (including phenoxy) is 2. The molecule has 6 rings (SSSR count). The van der Waals surface area contributed by atoms with Gasteiger partial charge in [-0.15, -0.1) is 0 Å². The van der Waals surface area contributed by atoms with Crippen molar-refractivity contribution in [2.24, 2.45) is 0 Å². The molecule has 2 N–H and O–H groups in total. The van der Waals surface area contributed by atoms with E-state index in [0.717, 1.165) is 86.9 Å². The van der Waals surface area contributed by atoms with Crippen molar-refractivity contribution in [3.05, 3.63) is 60.7 Å². The molecule has 0 atom stereocenters. The highest BCUT2D eigenvalue weighted by molar-refractivity contribution is 5.85. The number of hydrogen-bond donors (Lipinski definition) is 2. The molecule has 2 saturated heterocycles. The Labute approximate surface area is 311 Å². The highest BCUT2D eigenvalue weighted by Crippen LogP contribution is 2.45. The van der Waals surface area contributed by atoms with E-state index in [9.17, 15) is 9.59 Å². The van der Waals surface area contributed by atoms with Crippen LogP contribution in [0.5, 0.6) is 0 Å². The van der Waals surface area contributed by atoms with Gasteiger partial charge in [-0.1, -0.05) is 62.1 Å². The molecule has 52 heavy (non-hydrogen) atoms. The summed E-state index contributed by atoms with van der Waals surface area (Å²) in [6.45, 7) is 18.0. The molecule has 2 aromatic heterocycles. The van der Waals surface area contributed by atoms with Crippen LogP contribution in [0.2, 0.25) is 0 Å². The molecule has 0 aliphatic carbocycles. The predicted molar refractivity (Wildman–Crippen MR) is 213 cm³/mol. The summed E-state index contributed by atoms with van der Waals surface area (Å²) in [7, 11) is 0. The highest BCUT2D eigenvalue weighted by atomic mass is 16.5. The van der Waals surface area contributed by atoms with Gasteiger partial charge in [0.25, 0.3) is 0 Å². The van der Waals surface area contributed by atoms with E-state index in [1.54, 1.807) is 0 Å². The minimum Gasteiger partial charge on any atom is -0.462 e. The van der Waals surface area contributed by atoms with Crippen molar-refractivity contribution in [3.8, 4) is 0 Å². The third-order valence-electron chi connectivity index (χ3n) is 11.5. The SMILES string of the molecule is CC1(C)CC(OC(=O)CCCCCCCCC(=O)OC2CC(C)(C)N(c3cc4ccccc4[nH]3)C(C)(C)C2)CC(C)(C)N1c1cc2ccccc2[nH]1. The lowest BCUT2D eigenvalue weighted by Crippen LogP contribution is -2.63. The van der Waals surface area contributed by atoms with E-state index in [1.807, 2.05) is 0 Å². The van der Waals surface area contributed by atoms with Gasteiger partial charge in [-0.2, -0.15) is 0 Å². The topological polar surface area (TPSA) is 90.7 Å². The van der Waals surface area contributed by atoms with Crippen LogP contribution >= 0.6 is 0 Å². The molecule has 4 aromatic rings. The van der Waals surface area contributed by atoms with Gasteiger partial charge in [-0.25, -0.2) is 0 Å². The Morgan fingerprint density at radius 1 is 0.558 bits per heavy atom. The number of benzene rings is 2. The predicted octanol–water partition coefficient (Wildman–Crippen LogP) is 10.6. The summed E-state index contributed by atoms with van der Waals surface area (Å²) in [5, 5.41) is 2.41. The van der Waals surface area contributed by atoms with Gasteiger partial charge >= 0.3 is 11.9 Å². The molecule has 2 fully saturated rings. The Bertz CT molecular complexity index is 1610. The van der Waals surface area contributed by atoms with Crippen molar-refractivity contribution >= 4 is 45.4 Å². The fourth-order valence-corrected chi connectivity index (χ4v) is 9.94. The minimum atomic E-state index is -0.177. The molecule has 2 aromatic carbocycles. The van der Waals surface area contributed by atoms with E-state index < -0.39 is 0 Å². The van der Waals surface area contributed by atoms with E-state index >= 15 is 0 Å². The number of nitrogens with one attached hydrogen (secondary N) is 2. The molecule has 0 saturated carbocycles. The first-order valence-corrected chi connectivity index (χ1v) is 19.7. The van der Waals surface area contributed by atoms with Crippen molar-refractivity contribution in [3.63, 3.8) is 0 Å². The van der Waals surface area contributed by atoms with Gasteiger partial charge in [-0.05, 0) is 92.5 Å². The third-order valence-corrected chi connectivity index (χ3v) is 11.5. The second kappa shape index (κ2) is 14.8. The highest BCUT2D eigenvalue weighted by Gasteiger charge is 2.48. The first-order valence-electron chi connectivity index (χ1n) is 19.7. The summed E-state index contributed by atoms with van der Waals surface area (Å²) >= 11 is 0. The number of hydrogen-bond acceptors (Lipinski definition) is 6. The molecule has 8 nitrogen and oxygen atoms in total. The van der Waals surface area contributed by atoms with Gasteiger partial charge < -0.3 is 29.2 Å². The lowest BCUT2D eigenvalue weighted by atomic mass is 9.78. The summed E-state index contributed by atoms with van der Waals surface area (Å²) in [5.74, 6) is 2.06. The Morgan fingerprint density at radius 3 is 1.23 bits per heavy atom. The maximum atomic E-state index is 12.9. The van der Waals surface area contributed by atoms with Gasteiger partial charge in [0.15, 0.2) is 0 Å². The second-order valence-corrected chi connectivity index (χ2v) is 18.1. The number of anilines is 2. The molecule has 0 radical (unpaired) electrons. The molecule has 0 bridgehead atoms. The summed E-state index contributed by atoms with van der Waals surface area (Å²) in [5.41, 5.74) is 1.57. The number of aromatic amines is 2. The normalized spacial score (nSPS) is 20.0. The molecule has 2 aliphatic rings. The lowest BCUT2D eigenvalue weighted by Gasteiger charge is -2.55. The number of rotatable bonds is 13. The van der Waals surface area contributed by atoms with Crippen molar-refractivity contribution in [1.82, 2.24) is 9.97 Å². The maximum absolute atomic E-state index is 12.9. The largest absolute Gasteiger partial charge is 0.462 e. The summed E-state index contributed by atoms with van der Waals surface area (Å²) in [4.78, 5) is 37.9. The Kier molecular flexibility index (Phi) is 10.8. The second-order valence-electron chi connectivity index (χ2n) is 18.1. The van der Waals surface area contributed by atoms with Crippen LogP contribution in [0.1, 0.15) is 132 Å². The fraction of sp³-hybridized carbons (Fsp3) is 0.591. The van der Waals surface area contributed by atoms with Crippen LogP contribution < -0.4 is 9.80 Å². The number of para-hydroxylation sites is 2. The first kappa shape index (κ1) is 37.8. The Hall–Kier alpha value is -3.94. The quantitative estimate of drug-likeness (QED) is 0.106. The van der Waals surface area contributed by atoms with Crippen LogP contribution in [-0.2, 0) is 19.1 Å². The molecule has 0 spiro atoms. The molecule has 0 amide bonds.